The predicted octanol–water partition coefficient (Wildman–Crippen LogP) is 2.64. The Morgan fingerprint density at radius 2 is 2.00 bits per heavy atom. The van der Waals surface area contributed by atoms with E-state index in [1.165, 1.54) is 0 Å². The highest BCUT2D eigenvalue weighted by Gasteiger charge is 2.07. The van der Waals surface area contributed by atoms with Gasteiger partial charge in [-0.15, -0.1) is 6.58 Å². The van der Waals surface area contributed by atoms with Crippen LogP contribution in [0.3, 0.4) is 0 Å². The zero-order valence-corrected chi connectivity index (χ0v) is 7.45. The molecule has 0 aliphatic heterocycles. The monoisotopic (exact) mass is 162 g/mol. The molecule has 0 N–H and O–H groups in total. The van der Waals surface area contributed by atoms with Gasteiger partial charge in [0.15, 0.2) is 0 Å². The molecular weight excluding hydrogens is 148 g/mol. The summed E-state index contributed by atoms with van der Waals surface area (Å²) in [5, 5.41) is 17.2. The molecule has 0 amide bonds. The van der Waals surface area contributed by atoms with Crippen molar-refractivity contribution in [1.29, 1.82) is 10.5 Å². The molecule has 2 atom stereocenters. The van der Waals surface area contributed by atoms with E-state index in [2.05, 4.69) is 18.7 Å². The van der Waals surface area contributed by atoms with Gasteiger partial charge < -0.3 is 0 Å². The van der Waals surface area contributed by atoms with Crippen molar-refractivity contribution in [3.05, 3.63) is 12.7 Å². The van der Waals surface area contributed by atoms with Crippen LogP contribution in [0.25, 0.3) is 0 Å². The summed E-state index contributed by atoms with van der Waals surface area (Å²) in [5.41, 5.74) is 0. The third kappa shape index (κ3) is 3.78. The van der Waals surface area contributed by atoms with Crippen LogP contribution in [-0.2, 0) is 0 Å². The van der Waals surface area contributed by atoms with Crippen LogP contribution in [0.15, 0.2) is 12.7 Å². The Morgan fingerprint density at radius 3 is 2.33 bits per heavy atom. The maximum Gasteiger partial charge on any atom is 0.0697 e. The topological polar surface area (TPSA) is 47.6 Å². The van der Waals surface area contributed by atoms with Crippen LogP contribution in [0.5, 0.6) is 0 Å². The summed E-state index contributed by atoms with van der Waals surface area (Å²) in [6, 6.07) is 4.34. The molecule has 64 valence electrons. The highest BCUT2D eigenvalue weighted by Crippen LogP contribution is 2.14. The van der Waals surface area contributed by atoms with Gasteiger partial charge in [0.05, 0.1) is 18.1 Å². The molecule has 0 aromatic rings. The minimum Gasteiger partial charge on any atom is -0.198 e. The zero-order chi connectivity index (χ0) is 9.40. The molecule has 0 rings (SSSR count). The summed E-state index contributed by atoms with van der Waals surface area (Å²) in [6.07, 6.45) is 4.07. The molecular formula is C10H14N2. The fourth-order valence-corrected chi connectivity index (χ4v) is 0.976. The van der Waals surface area contributed by atoms with Crippen molar-refractivity contribution in [2.24, 2.45) is 11.8 Å². The Bertz CT molecular complexity index is 207. The Hall–Kier alpha value is -1.28. The van der Waals surface area contributed by atoms with E-state index in [0.29, 0.717) is 0 Å². The van der Waals surface area contributed by atoms with Gasteiger partial charge in [-0.1, -0.05) is 13.0 Å². The summed E-state index contributed by atoms with van der Waals surface area (Å²) < 4.78 is 0. The van der Waals surface area contributed by atoms with Gasteiger partial charge >= 0.3 is 0 Å². The summed E-state index contributed by atoms with van der Waals surface area (Å²) in [6.45, 7) is 5.55. The average molecular weight is 162 g/mol. The highest BCUT2D eigenvalue weighted by atomic mass is 14.3. The van der Waals surface area contributed by atoms with Crippen molar-refractivity contribution in [2.45, 2.75) is 26.2 Å². The second-order valence-electron chi connectivity index (χ2n) is 2.78. The molecule has 0 saturated carbocycles. The van der Waals surface area contributed by atoms with Gasteiger partial charge in [-0.3, -0.25) is 0 Å². The average Bonchev–Trinajstić information content (AvgIpc) is 2.13. The lowest BCUT2D eigenvalue weighted by Gasteiger charge is -2.06. The van der Waals surface area contributed by atoms with Crippen LogP contribution in [0.4, 0.5) is 0 Å². The molecule has 0 aromatic heterocycles. The number of hydrogen-bond donors (Lipinski definition) is 0. The Labute approximate surface area is 74.1 Å². The van der Waals surface area contributed by atoms with Gasteiger partial charge in [0.1, 0.15) is 0 Å². The molecule has 0 aliphatic rings. The molecule has 0 radical (unpaired) electrons. The summed E-state index contributed by atoms with van der Waals surface area (Å²) in [5.74, 6) is 0.00759. The number of nitrogens with zero attached hydrogens (tertiary/aromatic N) is 2. The first-order valence-corrected chi connectivity index (χ1v) is 4.20. The third-order valence-electron chi connectivity index (χ3n) is 1.95. The van der Waals surface area contributed by atoms with Gasteiger partial charge in [-0.25, -0.2) is 0 Å². The van der Waals surface area contributed by atoms with E-state index in [4.69, 9.17) is 10.5 Å². The zero-order valence-electron chi connectivity index (χ0n) is 7.45. The molecule has 0 heterocycles. The largest absolute Gasteiger partial charge is 0.198 e. The molecule has 0 bridgehead atoms. The second kappa shape index (κ2) is 6.43. The van der Waals surface area contributed by atoms with Crippen LogP contribution < -0.4 is 0 Å². The first-order valence-electron chi connectivity index (χ1n) is 4.20. The van der Waals surface area contributed by atoms with Gasteiger partial charge in [0.25, 0.3) is 0 Å². The summed E-state index contributed by atoms with van der Waals surface area (Å²) >= 11 is 0. The van der Waals surface area contributed by atoms with Crippen molar-refractivity contribution in [3.8, 4) is 12.1 Å². The minimum atomic E-state index is -0.0904. The molecule has 2 nitrogen and oxygen atoms in total. The lowest BCUT2D eigenvalue weighted by molar-refractivity contribution is 0.529. The standard InChI is InChI=1S/C10H14N2/c1-3-9(7-11)5-6-10(4-2)8-12/h3,9-10H,1,4-6H2,2H3. The van der Waals surface area contributed by atoms with E-state index in [0.717, 1.165) is 19.3 Å². The molecule has 0 aromatic carbocycles. The summed E-state index contributed by atoms with van der Waals surface area (Å²) in [4.78, 5) is 0. The van der Waals surface area contributed by atoms with Crippen molar-refractivity contribution in [3.63, 3.8) is 0 Å². The lowest BCUT2D eigenvalue weighted by Crippen LogP contribution is -1.99. The third-order valence-corrected chi connectivity index (χ3v) is 1.95. The number of rotatable bonds is 5. The van der Waals surface area contributed by atoms with Gasteiger partial charge in [0, 0.05) is 5.92 Å². The molecule has 0 spiro atoms. The maximum absolute atomic E-state index is 8.63. The van der Waals surface area contributed by atoms with E-state index >= 15 is 0 Å². The van der Waals surface area contributed by atoms with Crippen molar-refractivity contribution >= 4 is 0 Å². The van der Waals surface area contributed by atoms with Crippen molar-refractivity contribution < 1.29 is 0 Å². The molecule has 2 heteroatoms. The van der Waals surface area contributed by atoms with E-state index < -0.39 is 0 Å². The van der Waals surface area contributed by atoms with E-state index in [1.807, 2.05) is 6.92 Å². The van der Waals surface area contributed by atoms with Crippen LogP contribution in [0, 0.1) is 34.5 Å². The van der Waals surface area contributed by atoms with E-state index in [1.54, 1.807) is 6.08 Å². The van der Waals surface area contributed by atoms with E-state index in [9.17, 15) is 0 Å². The molecule has 0 fully saturated rings. The number of hydrogen-bond acceptors (Lipinski definition) is 2. The molecule has 12 heavy (non-hydrogen) atoms. The van der Waals surface area contributed by atoms with Crippen molar-refractivity contribution in [1.82, 2.24) is 0 Å². The van der Waals surface area contributed by atoms with Crippen LogP contribution >= 0.6 is 0 Å². The Kier molecular flexibility index (Phi) is 5.75. The quantitative estimate of drug-likeness (QED) is 0.583. The van der Waals surface area contributed by atoms with Gasteiger partial charge in [-0.2, -0.15) is 10.5 Å². The first-order chi connectivity index (χ1) is 5.78. The maximum atomic E-state index is 8.63. The number of allylic oxidation sites excluding steroid dienone is 1. The van der Waals surface area contributed by atoms with Crippen molar-refractivity contribution in [2.75, 3.05) is 0 Å². The van der Waals surface area contributed by atoms with Crippen LogP contribution in [0.1, 0.15) is 26.2 Å². The summed E-state index contributed by atoms with van der Waals surface area (Å²) in [7, 11) is 0. The lowest BCUT2D eigenvalue weighted by atomic mass is 9.96. The Morgan fingerprint density at radius 1 is 1.33 bits per heavy atom. The minimum absolute atomic E-state index is 0.0904. The highest BCUT2D eigenvalue weighted by molar-refractivity contribution is 4.96. The number of nitriles is 2. The van der Waals surface area contributed by atoms with Gasteiger partial charge in [0.2, 0.25) is 0 Å². The van der Waals surface area contributed by atoms with Crippen LogP contribution in [-0.4, -0.2) is 0 Å². The van der Waals surface area contributed by atoms with Gasteiger partial charge in [-0.05, 0) is 19.3 Å². The SMILES string of the molecule is C=CC(C#N)CCC(C#N)CC. The van der Waals surface area contributed by atoms with Crippen LogP contribution in [0.2, 0.25) is 0 Å². The molecule has 2 unspecified atom stereocenters. The fraction of sp³-hybridized carbons (Fsp3) is 0.600. The molecule has 0 saturated heterocycles. The molecule has 0 aliphatic carbocycles. The van der Waals surface area contributed by atoms with E-state index in [-0.39, 0.29) is 11.8 Å². The predicted molar refractivity (Wildman–Crippen MR) is 47.9 cm³/mol. The first kappa shape index (κ1) is 10.7. The Balaban J connectivity index is 3.75. The second-order valence-corrected chi connectivity index (χ2v) is 2.78. The fourth-order valence-electron chi connectivity index (χ4n) is 0.976. The normalized spacial score (nSPS) is 13.9. The smallest absolute Gasteiger partial charge is 0.0697 e.